The van der Waals surface area contributed by atoms with E-state index in [0.717, 1.165) is 0 Å². The summed E-state index contributed by atoms with van der Waals surface area (Å²) in [5.41, 5.74) is -0.480. The van der Waals surface area contributed by atoms with Crippen molar-refractivity contribution in [2.75, 3.05) is 19.7 Å². The van der Waals surface area contributed by atoms with E-state index < -0.39 is 29.0 Å². The zero-order valence-electron chi connectivity index (χ0n) is 17.3. The molecule has 1 saturated heterocycles. The molecule has 1 heterocycles. The average Bonchev–Trinajstić information content (AvgIpc) is 2.66. The third-order valence-electron chi connectivity index (χ3n) is 4.66. The Kier molecular flexibility index (Phi) is 7.02. The molecule has 0 saturated carbocycles. The third-order valence-corrected chi connectivity index (χ3v) is 4.66. The normalized spacial score (nSPS) is 16.3. The van der Waals surface area contributed by atoms with Crippen LogP contribution < -0.4 is 0 Å². The number of rotatable bonds is 4. The van der Waals surface area contributed by atoms with Crippen LogP contribution in [0.2, 0.25) is 0 Å². The molecule has 0 bridgehead atoms. The lowest BCUT2D eigenvalue weighted by Gasteiger charge is -2.35. The highest BCUT2D eigenvalue weighted by molar-refractivity contribution is 5.87. The molecule has 2 rings (SSSR count). The van der Waals surface area contributed by atoms with Crippen LogP contribution in [0.5, 0.6) is 0 Å². The lowest BCUT2D eigenvalue weighted by atomic mass is 9.79. The maximum atomic E-state index is 14.0. The molecule has 29 heavy (non-hydrogen) atoms. The van der Waals surface area contributed by atoms with E-state index in [2.05, 4.69) is 4.85 Å². The van der Waals surface area contributed by atoms with E-state index in [1.54, 1.807) is 44.7 Å². The van der Waals surface area contributed by atoms with Gasteiger partial charge in [0.15, 0.2) is 0 Å². The predicted octanol–water partition coefficient (Wildman–Crippen LogP) is 4.55. The number of carbonyl (C=O) groups excluding carboxylic acids is 2. The summed E-state index contributed by atoms with van der Waals surface area (Å²) >= 11 is 0. The number of likely N-dealkylation sites (tertiary alicyclic amines) is 1. The van der Waals surface area contributed by atoms with Gasteiger partial charge in [-0.2, -0.15) is 0 Å². The summed E-state index contributed by atoms with van der Waals surface area (Å²) in [7, 11) is 0. The minimum Gasteiger partial charge on any atom is -0.463 e. The van der Waals surface area contributed by atoms with Crippen molar-refractivity contribution in [3.63, 3.8) is 0 Å². The number of amides is 1. The van der Waals surface area contributed by atoms with Gasteiger partial charge in [0.25, 0.3) is 5.54 Å². The second-order valence-corrected chi connectivity index (χ2v) is 7.93. The second kappa shape index (κ2) is 9.08. The fourth-order valence-electron chi connectivity index (χ4n) is 3.25. The number of hydrogen-bond acceptors (Lipinski definition) is 4. The van der Waals surface area contributed by atoms with Gasteiger partial charge >= 0.3 is 12.1 Å². The number of nitrogens with zero attached hydrogens (tertiary/aromatic N) is 2. The van der Waals surface area contributed by atoms with Gasteiger partial charge < -0.3 is 19.2 Å². The number of esters is 1. The predicted molar refractivity (Wildman–Crippen MR) is 107 cm³/mol. The van der Waals surface area contributed by atoms with Gasteiger partial charge in [0.1, 0.15) is 11.4 Å². The van der Waals surface area contributed by atoms with Crippen molar-refractivity contribution in [1.29, 1.82) is 0 Å². The van der Waals surface area contributed by atoms with Gasteiger partial charge in [0.05, 0.1) is 6.61 Å². The van der Waals surface area contributed by atoms with Gasteiger partial charge in [-0.1, -0.05) is 6.07 Å². The average molecular weight is 402 g/mol. The highest BCUT2D eigenvalue weighted by atomic mass is 19.1. The Morgan fingerprint density at radius 3 is 2.52 bits per heavy atom. The summed E-state index contributed by atoms with van der Waals surface area (Å²) in [5, 5.41) is 0. The van der Waals surface area contributed by atoms with E-state index in [0.29, 0.717) is 37.1 Å². The molecule has 0 unspecified atom stereocenters. The molecule has 6 nitrogen and oxygen atoms in total. The van der Waals surface area contributed by atoms with Gasteiger partial charge in [-0.15, -0.1) is 0 Å². The van der Waals surface area contributed by atoms with Crippen LogP contribution in [0.15, 0.2) is 24.3 Å². The monoisotopic (exact) mass is 402 g/mol. The molecule has 7 heteroatoms. The first-order chi connectivity index (χ1) is 13.6. The molecule has 1 amide bonds. The number of piperidine rings is 1. The number of carbonyl (C=O) groups is 2. The van der Waals surface area contributed by atoms with Crippen molar-refractivity contribution in [3.05, 3.63) is 52.6 Å². The van der Waals surface area contributed by atoms with E-state index in [1.165, 1.54) is 18.2 Å². The molecule has 0 atom stereocenters. The Bertz CT molecular complexity index is 828. The molecular weight excluding hydrogens is 375 g/mol. The molecular formula is C22H27FN2O4. The van der Waals surface area contributed by atoms with Crippen LogP contribution >= 0.6 is 0 Å². The Hall–Kier alpha value is -2.88. The van der Waals surface area contributed by atoms with Gasteiger partial charge in [-0.3, -0.25) is 0 Å². The first kappa shape index (κ1) is 22.4. The standard InChI is InChI=1S/C22H27FN2O4/c1-6-28-19(26)10-8-16-7-9-17(23)15-18(16)22(24-5)11-13-25(14-12-22)20(27)29-21(2,3)4/h7-10,15H,6,11-14H2,1-4H3/b10-8+. The van der Waals surface area contributed by atoms with Crippen molar-refractivity contribution in [3.8, 4) is 0 Å². The van der Waals surface area contributed by atoms with E-state index >= 15 is 0 Å². The minimum atomic E-state index is -0.977. The van der Waals surface area contributed by atoms with Crippen molar-refractivity contribution >= 4 is 18.1 Å². The van der Waals surface area contributed by atoms with E-state index in [9.17, 15) is 14.0 Å². The van der Waals surface area contributed by atoms with Crippen LogP contribution in [0.25, 0.3) is 10.9 Å². The maximum absolute atomic E-state index is 14.0. The molecule has 1 aromatic carbocycles. The lowest BCUT2D eigenvalue weighted by Crippen LogP contribution is -2.46. The fraction of sp³-hybridized carbons (Fsp3) is 0.500. The van der Waals surface area contributed by atoms with Gasteiger partial charge in [-0.25, -0.2) is 20.6 Å². The summed E-state index contributed by atoms with van der Waals surface area (Å²) in [6.45, 7) is 15.8. The molecule has 0 spiro atoms. The highest BCUT2D eigenvalue weighted by Gasteiger charge is 2.45. The topological polar surface area (TPSA) is 60.2 Å². The fourth-order valence-corrected chi connectivity index (χ4v) is 3.25. The molecule has 0 aromatic heterocycles. The largest absolute Gasteiger partial charge is 0.463 e. The summed E-state index contributed by atoms with van der Waals surface area (Å²) in [6, 6.07) is 4.18. The van der Waals surface area contributed by atoms with Crippen molar-refractivity contribution in [2.24, 2.45) is 0 Å². The first-order valence-electron chi connectivity index (χ1n) is 9.61. The molecule has 0 radical (unpaired) electrons. The van der Waals surface area contributed by atoms with Crippen LogP contribution in [0.1, 0.15) is 51.7 Å². The molecule has 1 fully saturated rings. The summed E-state index contributed by atoms with van der Waals surface area (Å²) in [4.78, 5) is 29.4. The minimum absolute atomic E-state index is 0.256. The second-order valence-electron chi connectivity index (χ2n) is 7.93. The van der Waals surface area contributed by atoms with Gasteiger partial charge in [-0.05, 0) is 51.5 Å². The van der Waals surface area contributed by atoms with Crippen molar-refractivity contribution < 1.29 is 23.5 Å². The number of hydrogen-bond donors (Lipinski definition) is 0. The molecule has 0 aliphatic carbocycles. The van der Waals surface area contributed by atoms with Gasteiger partial charge in [0, 0.05) is 37.6 Å². The van der Waals surface area contributed by atoms with Crippen LogP contribution in [-0.2, 0) is 19.8 Å². The third kappa shape index (κ3) is 5.80. The molecule has 0 N–H and O–H groups in total. The summed E-state index contributed by atoms with van der Waals surface area (Å²) in [6.07, 6.45) is 3.09. The molecule has 1 aromatic rings. The summed E-state index contributed by atoms with van der Waals surface area (Å²) in [5.74, 6) is -0.953. The summed E-state index contributed by atoms with van der Waals surface area (Å²) < 4.78 is 24.3. The Morgan fingerprint density at radius 1 is 1.31 bits per heavy atom. The maximum Gasteiger partial charge on any atom is 0.410 e. The van der Waals surface area contributed by atoms with Crippen LogP contribution in [0, 0.1) is 12.4 Å². The molecule has 1 aliphatic rings. The first-order valence-corrected chi connectivity index (χ1v) is 9.61. The molecule has 156 valence electrons. The SMILES string of the molecule is [C-]#[N+]C1(c2cc(F)ccc2/C=C/C(=O)OCC)CCN(C(=O)OC(C)(C)C)CC1. The number of benzene rings is 1. The van der Waals surface area contributed by atoms with Crippen LogP contribution in [-0.4, -0.2) is 42.3 Å². The highest BCUT2D eigenvalue weighted by Crippen LogP contribution is 2.40. The smallest absolute Gasteiger partial charge is 0.410 e. The van der Waals surface area contributed by atoms with E-state index in [4.69, 9.17) is 16.0 Å². The number of ether oxygens (including phenoxy) is 2. The lowest BCUT2D eigenvalue weighted by molar-refractivity contribution is -0.137. The van der Waals surface area contributed by atoms with Crippen molar-refractivity contribution in [1.82, 2.24) is 4.90 Å². The van der Waals surface area contributed by atoms with E-state index in [1.807, 2.05) is 0 Å². The van der Waals surface area contributed by atoms with Gasteiger partial charge in [0.2, 0.25) is 0 Å². The Balaban J connectivity index is 2.26. The Morgan fingerprint density at radius 2 is 1.97 bits per heavy atom. The van der Waals surface area contributed by atoms with E-state index in [-0.39, 0.29) is 6.61 Å². The zero-order chi connectivity index (χ0) is 21.7. The van der Waals surface area contributed by atoms with Crippen LogP contribution in [0.3, 0.4) is 0 Å². The quantitative estimate of drug-likeness (QED) is 0.421. The zero-order valence-corrected chi connectivity index (χ0v) is 17.3. The molecule has 1 aliphatic heterocycles. The van der Waals surface area contributed by atoms with Crippen LogP contribution in [0.4, 0.5) is 9.18 Å². The van der Waals surface area contributed by atoms with Crippen molar-refractivity contribution in [2.45, 2.75) is 51.7 Å². The Labute approximate surface area is 171 Å². The number of halogens is 1.